The number of methoxy groups -OCH3 is 1. The molecular formula is C22H18ClN3O2S. The topological polar surface area (TPSA) is 55.3 Å². The predicted octanol–water partition coefficient (Wildman–Crippen LogP) is 5.51. The smallest absolute Gasteiger partial charge is 0.260 e. The first-order valence-electron chi connectivity index (χ1n) is 8.98. The molecule has 2 heterocycles. The Morgan fingerprint density at radius 3 is 2.72 bits per heavy atom. The molecular weight excluding hydrogens is 406 g/mol. The van der Waals surface area contributed by atoms with E-state index in [1.54, 1.807) is 36.5 Å². The number of carbonyl (C=O) groups is 1. The van der Waals surface area contributed by atoms with E-state index in [4.69, 9.17) is 21.3 Å². The molecule has 0 aliphatic heterocycles. The van der Waals surface area contributed by atoms with Crippen molar-refractivity contribution in [3.63, 3.8) is 0 Å². The zero-order valence-electron chi connectivity index (χ0n) is 15.9. The van der Waals surface area contributed by atoms with E-state index < -0.39 is 0 Å². The largest absolute Gasteiger partial charge is 0.494 e. The maximum Gasteiger partial charge on any atom is 0.260 e. The maximum atomic E-state index is 13.5. The first-order chi connectivity index (χ1) is 14.1. The molecule has 0 fully saturated rings. The first-order valence-corrected chi connectivity index (χ1v) is 10.2. The fraction of sp³-hybridized carbons (Fsp3) is 0.136. The van der Waals surface area contributed by atoms with Crippen LogP contribution in [0.1, 0.15) is 21.5 Å². The number of thiazole rings is 1. The van der Waals surface area contributed by atoms with Gasteiger partial charge in [-0.3, -0.25) is 14.7 Å². The number of aromatic nitrogens is 2. The van der Waals surface area contributed by atoms with Crippen LogP contribution in [0, 0.1) is 6.92 Å². The number of halogens is 1. The van der Waals surface area contributed by atoms with E-state index in [1.165, 1.54) is 11.3 Å². The van der Waals surface area contributed by atoms with E-state index in [0.29, 0.717) is 33.5 Å². The monoisotopic (exact) mass is 423 g/mol. The Morgan fingerprint density at radius 1 is 1.17 bits per heavy atom. The molecule has 4 rings (SSSR count). The summed E-state index contributed by atoms with van der Waals surface area (Å²) >= 11 is 7.76. The minimum Gasteiger partial charge on any atom is -0.494 e. The van der Waals surface area contributed by atoms with Crippen LogP contribution in [0.5, 0.6) is 5.75 Å². The number of hydrogen-bond donors (Lipinski definition) is 0. The van der Waals surface area contributed by atoms with E-state index in [-0.39, 0.29) is 5.91 Å². The van der Waals surface area contributed by atoms with Crippen molar-refractivity contribution in [2.75, 3.05) is 12.0 Å². The Hall–Kier alpha value is -2.96. The van der Waals surface area contributed by atoms with Gasteiger partial charge in [-0.15, -0.1) is 0 Å². The van der Waals surface area contributed by atoms with Crippen molar-refractivity contribution in [3.05, 3.63) is 82.6 Å². The van der Waals surface area contributed by atoms with E-state index in [0.717, 1.165) is 15.8 Å². The summed E-state index contributed by atoms with van der Waals surface area (Å²) in [5, 5.41) is 1.14. The fourth-order valence-electron chi connectivity index (χ4n) is 3.08. The first kappa shape index (κ1) is 19.4. The third-order valence-corrected chi connectivity index (χ3v) is 6.12. The molecule has 5 nitrogen and oxygen atoms in total. The van der Waals surface area contributed by atoms with Crippen molar-refractivity contribution in [1.29, 1.82) is 0 Å². The van der Waals surface area contributed by atoms with Gasteiger partial charge < -0.3 is 4.74 Å². The second-order valence-electron chi connectivity index (χ2n) is 6.49. The van der Waals surface area contributed by atoms with Gasteiger partial charge in [0.25, 0.3) is 5.91 Å². The number of fused-ring (bicyclic) bond motifs is 1. The van der Waals surface area contributed by atoms with Gasteiger partial charge in [-0.2, -0.15) is 0 Å². The highest BCUT2D eigenvalue weighted by Gasteiger charge is 2.24. The van der Waals surface area contributed by atoms with E-state index >= 15 is 0 Å². The SMILES string of the molecule is COc1ccc(Cl)c2sc(N(Cc3cccnc3)C(=O)c3ccccc3C)nc12. The molecule has 0 unspecified atom stereocenters. The van der Waals surface area contributed by atoms with E-state index in [1.807, 2.05) is 43.3 Å². The van der Waals surface area contributed by atoms with Crippen molar-refractivity contribution in [2.24, 2.45) is 0 Å². The lowest BCUT2D eigenvalue weighted by Crippen LogP contribution is -2.30. The van der Waals surface area contributed by atoms with Crippen molar-refractivity contribution >= 4 is 44.2 Å². The summed E-state index contributed by atoms with van der Waals surface area (Å²) in [7, 11) is 1.59. The molecule has 0 bridgehead atoms. The average Bonchev–Trinajstić information content (AvgIpc) is 3.19. The summed E-state index contributed by atoms with van der Waals surface area (Å²) in [5.74, 6) is 0.498. The summed E-state index contributed by atoms with van der Waals surface area (Å²) < 4.78 is 6.22. The van der Waals surface area contributed by atoms with Crippen LogP contribution in [0.4, 0.5) is 5.13 Å². The summed E-state index contributed by atoms with van der Waals surface area (Å²) in [4.78, 5) is 24.0. The zero-order chi connectivity index (χ0) is 20.4. The van der Waals surface area contributed by atoms with Gasteiger partial charge in [0.2, 0.25) is 0 Å². The Labute approximate surface area is 177 Å². The van der Waals surface area contributed by atoms with Crippen molar-refractivity contribution < 1.29 is 9.53 Å². The lowest BCUT2D eigenvalue weighted by Gasteiger charge is -2.21. The molecule has 7 heteroatoms. The average molecular weight is 424 g/mol. The van der Waals surface area contributed by atoms with Crippen LogP contribution in [0.2, 0.25) is 5.02 Å². The predicted molar refractivity (Wildman–Crippen MR) is 117 cm³/mol. The molecule has 29 heavy (non-hydrogen) atoms. The molecule has 146 valence electrons. The minimum absolute atomic E-state index is 0.124. The van der Waals surface area contributed by atoms with Gasteiger partial charge in [0, 0.05) is 18.0 Å². The van der Waals surface area contributed by atoms with Crippen LogP contribution in [0.3, 0.4) is 0 Å². The molecule has 2 aromatic heterocycles. The van der Waals surface area contributed by atoms with Crippen LogP contribution in [-0.4, -0.2) is 23.0 Å². The summed E-state index contributed by atoms with van der Waals surface area (Å²) in [5.41, 5.74) is 3.10. The van der Waals surface area contributed by atoms with Gasteiger partial charge >= 0.3 is 0 Å². The Morgan fingerprint density at radius 2 is 2.00 bits per heavy atom. The normalized spacial score (nSPS) is 10.9. The standard InChI is InChI=1S/C22H18ClN3O2S/c1-14-6-3-4-8-16(14)21(27)26(13-15-7-5-11-24-12-15)22-25-19-18(28-2)10-9-17(23)20(19)29-22/h3-12H,13H2,1-2H3. The van der Waals surface area contributed by atoms with Gasteiger partial charge in [0.1, 0.15) is 11.3 Å². The minimum atomic E-state index is -0.124. The molecule has 0 radical (unpaired) electrons. The lowest BCUT2D eigenvalue weighted by molar-refractivity contribution is 0.0984. The number of anilines is 1. The highest BCUT2D eigenvalue weighted by molar-refractivity contribution is 7.23. The number of aryl methyl sites for hydroxylation is 1. The second kappa shape index (κ2) is 8.19. The number of rotatable bonds is 5. The maximum absolute atomic E-state index is 13.5. The fourth-order valence-corrected chi connectivity index (χ4v) is 4.33. The van der Waals surface area contributed by atoms with Gasteiger partial charge in [0.15, 0.2) is 5.13 Å². The third-order valence-electron chi connectivity index (χ3n) is 4.58. The van der Waals surface area contributed by atoms with Gasteiger partial charge in [-0.25, -0.2) is 4.98 Å². The van der Waals surface area contributed by atoms with E-state index in [9.17, 15) is 4.79 Å². The molecule has 1 amide bonds. The molecule has 0 atom stereocenters. The summed E-state index contributed by atoms with van der Waals surface area (Å²) in [6.07, 6.45) is 3.46. The Kier molecular flexibility index (Phi) is 5.47. The van der Waals surface area contributed by atoms with Crippen molar-refractivity contribution in [2.45, 2.75) is 13.5 Å². The number of amides is 1. The van der Waals surface area contributed by atoms with Gasteiger partial charge in [-0.05, 0) is 42.3 Å². The molecule has 0 aliphatic rings. The van der Waals surface area contributed by atoms with Crippen LogP contribution < -0.4 is 9.64 Å². The summed E-state index contributed by atoms with van der Waals surface area (Å²) in [6.45, 7) is 2.27. The van der Waals surface area contributed by atoms with Crippen LogP contribution in [-0.2, 0) is 6.54 Å². The Balaban J connectivity index is 1.84. The number of benzene rings is 2. The molecule has 0 N–H and O–H groups in total. The van der Waals surface area contributed by atoms with Gasteiger partial charge in [-0.1, -0.05) is 47.2 Å². The van der Waals surface area contributed by atoms with Crippen LogP contribution in [0.15, 0.2) is 60.9 Å². The Bertz CT molecular complexity index is 1180. The van der Waals surface area contributed by atoms with Gasteiger partial charge in [0.05, 0.1) is 23.4 Å². The van der Waals surface area contributed by atoms with Crippen LogP contribution in [0.25, 0.3) is 10.2 Å². The number of pyridine rings is 1. The van der Waals surface area contributed by atoms with Crippen molar-refractivity contribution in [1.82, 2.24) is 9.97 Å². The van der Waals surface area contributed by atoms with Crippen molar-refractivity contribution in [3.8, 4) is 5.75 Å². The molecule has 0 saturated heterocycles. The quantitative estimate of drug-likeness (QED) is 0.424. The third kappa shape index (κ3) is 3.81. The molecule has 0 saturated carbocycles. The molecule has 2 aromatic carbocycles. The number of nitrogens with zero attached hydrogens (tertiary/aromatic N) is 3. The lowest BCUT2D eigenvalue weighted by atomic mass is 10.1. The summed E-state index contributed by atoms with van der Waals surface area (Å²) in [6, 6.07) is 14.9. The highest BCUT2D eigenvalue weighted by atomic mass is 35.5. The molecule has 0 aliphatic carbocycles. The molecule has 4 aromatic rings. The second-order valence-corrected chi connectivity index (χ2v) is 7.88. The molecule has 0 spiro atoms. The number of carbonyl (C=O) groups excluding carboxylic acids is 1. The highest BCUT2D eigenvalue weighted by Crippen LogP contribution is 2.39. The van der Waals surface area contributed by atoms with Crippen LogP contribution >= 0.6 is 22.9 Å². The number of ether oxygens (including phenoxy) is 1. The van der Waals surface area contributed by atoms with E-state index in [2.05, 4.69) is 4.98 Å². The number of hydrogen-bond acceptors (Lipinski definition) is 5. The zero-order valence-corrected chi connectivity index (χ0v) is 17.5.